The number of halogens is 2. The molecule has 210 valence electrons. The summed E-state index contributed by atoms with van der Waals surface area (Å²) < 4.78 is 34.5. The fraction of sp³-hybridized carbons (Fsp3) is 0.444. The van der Waals surface area contributed by atoms with Crippen LogP contribution in [0.15, 0.2) is 29.2 Å². The minimum atomic E-state index is -1.09. The third kappa shape index (κ3) is 3.03. The first-order valence-electron chi connectivity index (χ1n) is 12.8. The highest BCUT2D eigenvalue weighted by Gasteiger charge is 2.84. The molecule has 1 amide bonds. The number of hydrogen-bond donors (Lipinski definition) is 1. The number of amides is 1. The number of carbonyl (C=O) groups excluding carboxylic acids is 2. The lowest BCUT2D eigenvalue weighted by atomic mass is 9.84. The normalized spacial score (nSPS) is 27.5. The van der Waals surface area contributed by atoms with Gasteiger partial charge >= 0.3 is 5.97 Å². The van der Waals surface area contributed by atoms with Crippen molar-refractivity contribution in [2.24, 2.45) is 17.3 Å². The number of ether oxygens (including phenoxy) is 1. The number of esters is 1. The molecule has 13 heteroatoms. The van der Waals surface area contributed by atoms with E-state index >= 15 is 0 Å². The molecule has 10 nitrogen and oxygen atoms in total. The van der Waals surface area contributed by atoms with Gasteiger partial charge < -0.3 is 14.7 Å². The highest BCUT2D eigenvalue weighted by atomic mass is 32.1. The molecule has 2 aromatic heterocycles. The highest BCUT2D eigenvalue weighted by Crippen LogP contribution is 2.75. The molecule has 40 heavy (non-hydrogen) atoms. The second-order valence-corrected chi connectivity index (χ2v) is 11.8. The van der Waals surface area contributed by atoms with E-state index in [1.807, 2.05) is 6.92 Å². The minimum absolute atomic E-state index is 0.0124. The first kappa shape index (κ1) is 26.4. The van der Waals surface area contributed by atoms with E-state index in [2.05, 4.69) is 10.2 Å². The van der Waals surface area contributed by atoms with Crippen LogP contribution in [0.1, 0.15) is 53.7 Å². The molecular weight excluding hydrogens is 544 g/mol. The minimum Gasteiger partial charge on any atom is -0.502 e. The van der Waals surface area contributed by atoms with Gasteiger partial charge in [0.25, 0.3) is 5.91 Å². The molecule has 5 atom stereocenters. The maximum atomic E-state index is 14.4. The Morgan fingerprint density at radius 3 is 2.62 bits per heavy atom. The first-order chi connectivity index (χ1) is 18.9. The quantitative estimate of drug-likeness (QED) is 0.475. The fourth-order valence-electron chi connectivity index (χ4n) is 7.30. The van der Waals surface area contributed by atoms with Crippen LogP contribution in [0.4, 0.5) is 8.78 Å². The van der Waals surface area contributed by atoms with Crippen molar-refractivity contribution >= 4 is 23.2 Å². The Morgan fingerprint density at radius 2 is 1.98 bits per heavy atom. The number of methoxy groups -OCH3 is 1. The number of aromatic hydroxyl groups is 1. The van der Waals surface area contributed by atoms with Crippen LogP contribution in [0.5, 0.6) is 5.75 Å². The van der Waals surface area contributed by atoms with Crippen LogP contribution in [-0.4, -0.2) is 63.6 Å². The Kier molecular flexibility index (Phi) is 5.64. The number of carbonyl (C=O) groups is 2. The summed E-state index contributed by atoms with van der Waals surface area (Å²) in [7, 11) is 4.62. The third-order valence-electron chi connectivity index (χ3n) is 9.34. The Bertz CT molecular complexity index is 1660. The molecule has 1 N–H and O–H groups in total. The van der Waals surface area contributed by atoms with E-state index in [1.54, 1.807) is 26.0 Å². The molecule has 6 rings (SSSR count). The van der Waals surface area contributed by atoms with Crippen molar-refractivity contribution in [3.05, 3.63) is 62.5 Å². The van der Waals surface area contributed by atoms with Crippen LogP contribution in [0.2, 0.25) is 0 Å². The van der Waals surface area contributed by atoms with Gasteiger partial charge in [0.05, 0.1) is 12.7 Å². The van der Waals surface area contributed by atoms with Crippen LogP contribution in [-0.2, 0) is 9.53 Å². The molecule has 1 aromatic carbocycles. The molecule has 0 radical (unpaired) electrons. The predicted molar refractivity (Wildman–Crippen MR) is 140 cm³/mol. The largest absolute Gasteiger partial charge is 0.502 e. The Morgan fingerprint density at radius 1 is 1.25 bits per heavy atom. The molecule has 2 aliphatic carbocycles. The summed E-state index contributed by atoms with van der Waals surface area (Å²) in [4.78, 5) is 41.7. The number of nitrogens with zero attached hydrogens (tertiary/aromatic N) is 5. The molecule has 3 aromatic rings. The standard InChI is InChI=1S/C27H27F2N5O5S/c1-12(15-7-6-14(28)10-18(15)29)22-30-31-23(40-22)16-11-34-19(21(36)20(16)35)24(37)32(3)26(33(34)4)9-8-17-13(2)27(17,26)25(38)39-5/h6-7,10-13,17,36H,8-9H2,1-5H3/t12?,13-,17?,26?,27-/m0/s1. The monoisotopic (exact) mass is 571 g/mol. The maximum absolute atomic E-state index is 14.4. The van der Waals surface area contributed by atoms with Gasteiger partial charge in [0, 0.05) is 32.3 Å². The summed E-state index contributed by atoms with van der Waals surface area (Å²) in [6.45, 7) is 3.65. The zero-order chi connectivity index (χ0) is 28.9. The number of hydrogen-bond acceptors (Lipinski definition) is 9. The van der Waals surface area contributed by atoms with E-state index < -0.39 is 51.7 Å². The van der Waals surface area contributed by atoms with Crippen molar-refractivity contribution in [3.8, 4) is 16.3 Å². The van der Waals surface area contributed by atoms with E-state index in [-0.39, 0.29) is 33.7 Å². The van der Waals surface area contributed by atoms with E-state index in [1.165, 1.54) is 28.9 Å². The van der Waals surface area contributed by atoms with Crippen LogP contribution in [0.25, 0.3) is 10.6 Å². The van der Waals surface area contributed by atoms with E-state index in [9.17, 15) is 28.3 Å². The molecule has 0 saturated heterocycles. The smallest absolute Gasteiger partial charge is 0.316 e. The average Bonchev–Trinajstić information content (AvgIpc) is 3.26. The lowest BCUT2D eigenvalue weighted by Crippen LogP contribution is -2.73. The number of benzene rings is 1. The molecule has 3 heterocycles. The number of pyridine rings is 1. The second kappa shape index (κ2) is 8.56. The predicted octanol–water partition coefficient (Wildman–Crippen LogP) is 3.07. The van der Waals surface area contributed by atoms with Crippen molar-refractivity contribution in [3.63, 3.8) is 0 Å². The summed E-state index contributed by atoms with van der Waals surface area (Å²) >= 11 is 1.02. The van der Waals surface area contributed by atoms with Gasteiger partial charge in [-0.15, -0.1) is 10.2 Å². The summed E-state index contributed by atoms with van der Waals surface area (Å²) in [6.07, 6.45) is 2.61. The third-order valence-corrected chi connectivity index (χ3v) is 10.5. The van der Waals surface area contributed by atoms with E-state index in [0.717, 1.165) is 23.5 Å². The van der Waals surface area contributed by atoms with Crippen LogP contribution < -0.4 is 10.4 Å². The molecule has 2 saturated carbocycles. The number of fused-ring (bicyclic) bond motifs is 3. The van der Waals surface area contributed by atoms with Gasteiger partial charge in [-0.3, -0.25) is 24.1 Å². The Labute approximate surface area is 231 Å². The Balaban J connectivity index is 1.47. The first-order valence-corrected chi connectivity index (χ1v) is 13.6. The van der Waals surface area contributed by atoms with E-state index in [4.69, 9.17) is 4.74 Å². The highest BCUT2D eigenvalue weighted by molar-refractivity contribution is 7.14. The average molecular weight is 572 g/mol. The van der Waals surface area contributed by atoms with Gasteiger partial charge in [-0.1, -0.05) is 31.3 Å². The molecule has 0 bridgehead atoms. The number of aromatic nitrogens is 3. The van der Waals surface area contributed by atoms with Crippen molar-refractivity contribution in [1.82, 2.24) is 19.8 Å². The fourth-order valence-corrected chi connectivity index (χ4v) is 8.22. The summed E-state index contributed by atoms with van der Waals surface area (Å²) in [5, 5.41) is 21.5. The second-order valence-electron chi connectivity index (χ2n) is 10.7. The van der Waals surface area contributed by atoms with Crippen LogP contribution in [0.3, 0.4) is 0 Å². The zero-order valence-electron chi connectivity index (χ0n) is 22.4. The van der Waals surface area contributed by atoms with Gasteiger partial charge in [-0.2, -0.15) is 0 Å². The van der Waals surface area contributed by atoms with Crippen LogP contribution in [0, 0.1) is 28.9 Å². The number of rotatable bonds is 4. The van der Waals surface area contributed by atoms with Crippen molar-refractivity contribution in [1.29, 1.82) is 0 Å². The Hall–Kier alpha value is -3.87. The maximum Gasteiger partial charge on any atom is 0.316 e. The van der Waals surface area contributed by atoms with Crippen LogP contribution >= 0.6 is 11.3 Å². The topological polar surface area (TPSA) is 118 Å². The molecule has 1 spiro atoms. The molecule has 2 fully saturated rings. The molecular formula is C27H27F2N5O5S. The van der Waals surface area contributed by atoms with Gasteiger partial charge in [-0.05, 0) is 36.3 Å². The lowest BCUT2D eigenvalue weighted by Gasteiger charge is -2.55. The SMILES string of the molecule is COC(=O)[C@]12C(CCC13N(C)C(=O)c1c(O)c(=O)c(-c4nnc(C(C)c5ccc(F)cc5F)s4)cn1N3C)[C@@H]2C. The molecule has 3 unspecified atom stereocenters. The zero-order valence-corrected chi connectivity index (χ0v) is 23.3. The van der Waals surface area contributed by atoms with Gasteiger partial charge in [0.15, 0.2) is 16.5 Å². The summed E-state index contributed by atoms with van der Waals surface area (Å²) in [5.74, 6) is -3.79. The molecule has 1 aliphatic heterocycles. The van der Waals surface area contributed by atoms with Crippen molar-refractivity contribution in [2.75, 3.05) is 26.2 Å². The van der Waals surface area contributed by atoms with Gasteiger partial charge in [0.1, 0.15) is 27.7 Å². The summed E-state index contributed by atoms with van der Waals surface area (Å²) in [6, 6.07) is 3.27. The van der Waals surface area contributed by atoms with E-state index in [0.29, 0.717) is 17.8 Å². The molecule has 3 aliphatic rings. The van der Waals surface area contributed by atoms with Gasteiger partial charge in [-0.25, -0.2) is 8.78 Å². The van der Waals surface area contributed by atoms with Crippen molar-refractivity contribution in [2.45, 2.75) is 38.3 Å². The summed E-state index contributed by atoms with van der Waals surface area (Å²) in [5.41, 5.74) is -2.90. The lowest BCUT2D eigenvalue weighted by molar-refractivity contribution is -0.154. The van der Waals surface area contributed by atoms with Crippen molar-refractivity contribution < 1.29 is 28.2 Å². The van der Waals surface area contributed by atoms with Gasteiger partial charge in [0.2, 0.25) is 5.43 Å².